The van der Waals surface area contributed by atoms with Crippen LogP contribution in [-0.2, 0) is 22.8 Å². The second-order valence-corrected chi connectivity index (χ2v) is 7.77. The molecule has 1 heterocycles. The molecule has 0 spiro atoms. The zero-order valence-electron chi connectivity index (χ0n) is 14.1. The van der Waals surface area contributed by atoms with Crippen molar-refractivity contribution in [2.24, 2.45) is 0 Å². The van der Waals surface area contributed by atoms with Gasteiger partial charge >= 0.3 is 14.9 Å². The molecule has 2 amide bonds. The normalized spacial score (nSPS) is 17.1. The van der Waals surface area contributed by atoms with Crippen LogP contribution in [0.25, 0.3) is 0 Å². The number of nitrogens with zero attached hydrogens (tertiary/aromatic N) is 1. The number of hydrogen-bond acceptors (Lipinski definition) is 6. The minimum absolute atomic E-state index is 0.142. The first-order valence-electron chi connectivity index (χ1n) is 8.07. The number of carbonyl (C=O) groups excluding carboxylic acids is 1. The molecule has 0 radical (unpaired) electrons. The number of epoxide rings is 1. The molecule has 0 aromatic heterocycles. The van der Waals surface area contributed by atoms with Crippen LogP contribution in [0.1, 0.15) is 33.6 Å². The van der Waals surface area contributed by atoms with Gasteiger partial charge in [0.15, 0.2) is 6.10 Å². The summed E-state index contributed by atoms with van der Waals surface area (Å²) in [5, 5.41) is 9.12. The molecular formula is C14H27NO7Si. The molecule has 0 aliphatic carbocycles. The van der Waals surface area contributed by atoms with Gasteiger partial charge in [0, 0.05) is 32.4 Å². The van der Waals surface area contributed by atoms with E-state index in [1.54, 1.807) is 0 Å². The number of carboxylic acid groups (broad SMARTS) is 1. The lowest BCUT2D eigenvalue weighted by Gasteiger charge is -2.28. The van der Waals surface area contributed by atoms with Gasteiger partial charge in [-0.15, -0.1) is 0 Å². The van der Waals surface area contributed by atoms with Crippen molar-refractivity contribution in [3.63, 3.8) is 0 Å². The van der Waals surface area contributed by atoms with Gasteiger partial charge in [-0.05, 0) is 33.6 Å². The SMILES string of the molecule is CCO[Si](CCCCN(C(=O)O)C(=O)C1CO1)(OCC)OCC. The van der Waals surface area contributed by atoms with Crippen molar-refractivity contribution in [2.45, 2.75) is 45.8 Å². The van der Waals surface area contributed by atoms with Crippen molar-refractivity contribution in [2.75, 3.05) is 33.0 Å². The summed E-state index contributed by atoms with van der Waals surface area (Å²) in [7, 11) is -2.71. The van der Waals surface area contributed by atoms with E-state index in [2.05, 4.69) is 0 Å². The van der Waals surface area contributed by atoms with Crippen LogP contribution in [0.3, 0.4) is 0 Å². The third kappa shape index (κ3) is 6.56. The Labute approximate surface area is 138 Å². The summed E-state index contributed by atoms with van der Waals surface area (Å²) < 4.78 is 22.1. The zero-order chi connectivity index (χ0) is 17.3. The Balaban J connectivity index is 2.47. The van der Waals surface area contributed by atoms with E-state index in [0.717, 1.165) is 4.90 Å². The van der Waals surface area contributed by atoms with Crippen molar-refractivity contribution >= 4 is 20.8 Å². The fourth-order valence-corrected chi connectivity index (χ4v) is 4.96. The fraction of sp³-hybridized carbons (Fsp3) is 0.857. The van der Waals surface area contributed by atoms with Crippen molar-refractivity contribution in [1.82, 2.24) is 4.90 Å². The molecule has 0 aromatic rings. The van der Waals surface area contributed by atoms with Crippen LogP contribution < -0.4 is 0 Å². The second kappa shape index (κ2) is 9.99. The highest BCUT2D eigenvalue weighted by molar-refractivity contribution is 6.60. The predicted molar refractivity (Wildman–Crippen MR) is 84.2 cm³/mol. The van der Waals surface area contributed by atoms with Crippen LogP contribution in [0, 0.1) is 0 Å². The smallest absolute Gasteiger partial charge is 0.465 e. The van der Waals surface area contributed by atoms with Crippen LogP contribution >= 0.6 is 0 Å². The molecule has 134 valence electrons. The first-order chi connectivity index (χ1) is 11.0. The number of imide groups is 1. The number of rotatable bonds is 12. The molecule has 1 unspecified atom stereocenters. The summed E-state index contributed by atoms with van der Waals surface area (Å²) in [6.07, 6.45) is -0.634. The standard InChI is InChI=1S/C14H27NO7Si/c1-4-20-23(21-5-2,22-6-3)10-8-7-9-15(14(17)18)13(16)12-11-19-12/h12H,4-11H2,1-3H3,(H,17,18). The minimum Gasteiger partial charge on any atom is -0.465 e. The number of hydrogen-bond donors (Lipinski definition) is 1. The third-order valence-electron chi connectivity index (χ3n) is 3.31. The topological polar surface area (TPSA) is 97.8 Å². The number of amides is 2. The van der Waals surface area contributed by atoms with Gasteiger partial charge in [0.25, 0.3) is 5.91 Å². The van der Waals surface area contributed by atoms with E-state index in [0.29, 0.717) is 45.3 Å². The number of carbonyl (C=O) groups is 2. The Bertz CT molecular complexity index is 372. The molecule has 1 atom stereocenters. The van der Waals surface area contributed by atoms with Crippen LogP contribution in [0.5, 0.6) is 0 Å². The zero-order valence-corrected chi connectivity index (χ0v) is 15.1. The van der Waals surface area contributed by atoms with Crippen LogP contribution in [0.2, 0.25) is 6.04 Å². The van der Waals surface area contributed by atoms with Crippen molar-refractivity contribution in [3.8, 4) is 0 Å². The van der Waals surface area contributed by atoms with E-state index in [9.17, 15) is 9.59 Å². The van der Waals surface area contributed by atoms with Gasteiger partial charge in [-0.1, -0.05) is 0 Å². The van der Waals surface area contributed by atoms with Crippen LogP contribution in [0.4, 0.5) is 4.79 Å². The molecule has 1 aliphatic rings. The molecule has 1 N–H and O–H groups in total. The molecule has 1 aliphatic heterocycles. The molecule has 0 saturated carbocycles. The minimum atomic E-state index is -2.71. The quantitative estimate of drug-likeness (QED) is 0.325. The Hall–Kier alpha value is -1.00. The van der Waals surface area contributed by atoms with Gasteiger partial charge < -0.3 is 23.1 Å². The maximum absolute atomic E-state index is 11.8. The van der Waals surface area contributed by atoms with Gasteiger partial charge in [0.1, 0.15) is 0 Å². The van der Waals surface area contributed by atoms with Crippen molar-refractivity contribution in [1.29, 1.82) is 0 Å². The summed E-state index contributed by atoms with van der Waals surface area (Å²) in [5.74, 6) is -0.486. The average molecular weight is 349 g/mol. The highest BCUT2D eigenvalue weighted by Crippen LogP contribution is 2.20. The summed E-state index contributed by atoms with van der Waals surface area (Å²) in [6, 6.07) is 0.601. The summed E-state index contributed by atoms with van der Waals surface area (Å²) in [6.45, 7) is 7.63. The largest absolute Gasteiger partial charge is 0.500 e. The lowest BCUT2D eigenvalue weighted by atomic mass is 10.3. The summed E-state index contributed by atoms with van der Waals surface area (Å²) in [4.78, 5) is 23.8. The highest BCUT2D eigenvalue weighted by Gasteiger charge is 2.40. The van der Waals surface area contributed by atoms with Crippen LogP contribution in [0.15, 0.2) is 0 Å². The Kier molecular flexibility index (Phi) is 8.70. The van der Waals surface area contributed by atoms with Gasteiger partial charge in [0.2, 0.25) is 0 Å². The average Bonchev–Trinajstić information content (AvgIpc) is 3.31. The molecule has 1 saturated heterocycles. The molecule has 8 nitrogen and oxygen atoms in total. The van der Waals surface area contributed by atoms with Crippen LogP contribution in [-0.4, -0.2) is 69.9 Å². The Morgan fingerprint density at radius 3 is 2.04 bits per heavy atom. The van der Waals surface area contributed by atoms with E-state index in [1.807, 2.05) is 20.8 Å². The fourth-order valence-electron chi connectivity index (χ4n) is 2.28. The number of unbranched alkanes of at least 4 members (excludes halogenated alkanes) is 1. The molecule has 0 bridgehead atoms. The lowest BCUT2D eigenvalue weighted by Crippen LogP contribution is -2.46. The molecular weight excluding hydrogens is 322 g/mol. The molecule has 1 fully saturated rings. The lowest BCUT2D eigenvalue weighted by molar-refractivity contribution is -0.130. The maximum atomic E-state index is 11.8. The van der Waals surface area contributed by atoms with E-state index in [4.69, 9.17) is 23.1 Å². The molecule has 9 heteroatoms. The van der Waals surface area contributed by atoms with E-state index in [-0.39, 0.29) is 6.54 Å². The van der Waals surface area contributed by atoms with Gasteiger partial charge in [-0.25, -0.2) is 9.69 Å². The van der Waals surface area contributed by atoms with Crippen molar-refractivity contribution < 1.29 is 32.7 Å². The van der Waals surface area contributed by atoms with E-state index < -0.39 is 26.9 Å². The predicted octanol–water partition coefficient (Wildman–Crippen LogP) is 1.72. The first kappa shape index (κ1) is 20.0. The van der Waals surface area contributed by atoms with Gasteiger partial charge in [0.05, 0.1) is 6.61 Å². The van der Waals surface area contributed by atoms with E-state index in [1.165, 1.54) is 0 Å². The highest BCUT2D eigenvalue weighted by atomic mass is 28.4. The van der Waals surface area contributed by atoms with Gasteiger partial charge in [-0.2, -0.15) is 0 Å². The van der Waals surface area contributed by atoms with Crippen molar-refractivity contribution in [3.05, 3.63) is 0 Å². The second-order valence-electron chi connectivity index (χ2n) is 5.03. The molecule has 0 aromatic carbocycles. The van der Waals surface area contributed by atoms with E-state index >= 15 is 0 Å². The monoisotopic (exact) mass is 349 g/mol. The Morgan fingerprint density at radius 1 is 1.13 bits per heavy atom. The first-order valence-corrected chi connectivity index (χ1v) is 10.0. The summed E-state index contributed by atoms with van der Waals surface area (Å²) in [5.41, 5.74) is 0. The maximum Gasteiger partial charge on any atom is 0.500 e. The number of ether oxygens (including phenoxy) is 1. The summed E-state index contributed by atoms with van der Waals surface area (Å²) >= 11 is 0. The van der Waals surface area contributed by atoms with Gasteiger partial charge in [-0.3, -0.25) is 4.79 Å². The Morgan fingerprint density at radius 2 is 1.65 bits per heavy atom. The molecule has 1 rings (SSSR count). The molecule has 23 heavy (non-hydrogen) atoms. The third-order valence-corrected chi connectivity index (χ3v) is 6.46.